The molecule has 0 radical (unpaired) electrons. The Hall–Kier alpha value is -2.70. The minimum Gasteiger partial charge on any atom is -0.468 e. The minimum atomic E-state index is -1.74. The Morgan fingerprint density at radius 1 is 1.00 bits per heavy atom. The second kappa shape index (κ2) is 8.12. The lowest BCUT2D eigenvalue weighted by atomic mass is 9.66. The highest BCUT2D eigenvalue weighted by molar-refractivity contribution is 6.05. The van der Waals surface area contributed by atoms with Crippen molar-refractivity contribution in [2.75, 3.05) is 21.3 Å². The molecular formula is C19H21FO6. The zero-order valence-electron chi connectivity index (χ0n) is 14.9. The van der Waals surface area contributed by atoms with E-state index in [1.165, 1.54) is 45.6 Å². The molecule has 6 nitrogen and oxygen atoms in total. The smallest absolute Gasteiger partial charge is 0.327 e. The van der Waals surface area contributed by atoms with Crippen LogP contribution in [0.1, 0.15) is 30.7 Å². The SMILES string of the molecule is COC(=O)C(C1=CCCCC1(C(=O)OC)C(=O)OC)c1ccc(F)cc1. The lowest BCUT2D eigenvalue weighted by molar-refractivity contribution is -0.167. The number of carbonyl (C=O) groups is 3. The number of hydrogen-bond donors (Lipinski definition) is 0. The fourth-order valence-electron chi connectivity index (χ4n) is 3.39. The summed E-state index contributed by atoms with van der Waals surface area (Å²) in [4.78, 5) is 37.8. The third-order valence-electron chi connectivity index (χ3n) is 4.63. The van der Waals surface area contributed by atoms with Crippen molar-refractivity contribution in [2.45, 2.75) is 25.2 Å². The van der Waals surface area contributed by atoms with Gasteiger partial charge in [0.2, 0.25) is 0 Å². The van der Waals surface area contributed by atoms with Crippen LogP contribution in [0.25, 0.3) is 0 Å². The highest BCUT2D eigenvalue weighted by atomic mass is 19.1. The molecule has 1 aliphatic rings. The molecular weight excluding hydrogens is 343 g/mol. The van der Waals surface area contributed by atoms with Crippen molar-refractivity contribution in [3.63, 3.8) is 0 Å². The molecule has 0 aliphatic heterocycles. The lowest BCUT2D eigenvalue weighted by Crippen LogP contribution is -2.46. The van der Waals surface area contributed by atoms with Gasteiger partial charge in [-0.15, -0.1) is 0 Å². The lowest BCUT2D eigenvalue weighted by Gasteiger charge is -2.36. The van der Waals surface area contributed by atoms with E-state index in [2.05, 4.69) is 0 Å². The zero-order chi connectivity index (χ0) is 19.3. The maximum atomic E-state index is 13.3. The van der Waals surface area contributed by atoms with Crippen LogP contribution in [0.3, 0.4) is 0 Å². The van der Waals surface area contributed by atoms with Crippen LogP contribution in [0, 0.1) is 11.2 Å². The van der Waals surface area contributed by atoms with Crippen LogP contribution in [0.2, 0.25) is 0 Å². The van der Waals surface area contributed by atoms with Gasteiger partial charge in [-0.1, -0.05) is 18.2 Å². The first-order chi connectivity index (χ1) is 12.4. The molecule has 0 amide bonds. The Kier molecular flexibility index (Phi) is 6.13. The largest absolute Gasteiger partial charge is 0.468 e. The van der Waals surface area contributed by atoms with Crippen molar-refractivity contribution in [3.05, 3.63) is 47.3 Å². The van der Waals surface area contributed by atoms with Gasteiger partial charge in [-0.3, -0.25) is 14.4 Å². The first-order valence-corrected chi connectivity index (χ1v) is 8.13. The summed E-state index contributed by atoms with van der Waals surface area (Å²) in [5, 5.41) is 0. The molecule has 140 valence electrons. The summed E-state index contributed by atoms with van der Waals surface area (Å²) >= 11 is 0. The predicted octanol–water partition coefficient (Wildman–Crippen LogP) is 2.53. The number of methoxy groups -OCH3 is 3. The molecule has 1 aromatic carbocycles. The molecule has 0 spiro atoms. The van der Waals surface area contributed by atoms with Crippen molar-refractivity contribution < 1.29 is 33.0 Å². The number of esters is 3. The van der Waals surface area contributed by atoms with Gasteiger partial charge in [-0.2, -0.15) is 0 Å². The van der Waals surface area contributed by atoms with Crippen LogP contribution in [0.15, 0.2) is 35.9 Å². The van der Waals surface area contributed by atoms with E-state index >= 15 is 0 Å². The second-order valence-electron chi connectivity index (χ2n) is 5.95. The van der Waals surface area contributed by atoms with E-state index in [0.717, 1.165) is 0 Å². The molecule has 0 aromatic heterocycles. The minimum absolute atomic E-state index is 0.146. The van der Waals surface area contributed by atoms with Crippen LogP contribution >= 0.6 is 0 Å². The van der Waals surface area contributed by atoms with Crippen molar-refractivity contribution in [2.24, 2.45) is 5.41 Å². The summed E-state index contributed by atoms with van der Waals surface area (Å²) < 4.78 is 28.0. The monoisotopic (exact) mass is 364 g/mol. The highest BCUT2D eigenvalue weighted by Gasteiger charge is 2.55. The molecule has 1 aromatic rings. The van der Waals surface area contributed by atoms with E-state index in [-0.39, 0.29) is 12.0 Å². The Balaban J connectivity index is 2.68. The van der Waals surface area contributed by atoms with Crippen molar-refractivity contribution >= 4 is 17.9 Å². The molecule has 0 saturated heterocycles. The highest BCUT2D eigenvalue weighted by Crippen LogP contribution is 2.47. The van der Waals surface area contributed by atoms with E-state index in [1.807, 2.05) is 0 Å². The standard InChI is InChI=1S/C19H21FO6/c1-24-16(21)15(12-7-9-13(20)10-8-12)14-6-4-5-11-19(14,17(22)25-2)18(23)26-3/h6-10,15H,4-5,11H2,1-3H3. The molecule has 0 saturated carbocycles. The number of ether oxygens (including phenoxy) is 3. The van der Waals surface area contributed by atoms with Crippen molar-refractivity contribution in [1.82, 2.24) is 0 Å². The second-order valence-corrected chi connectivity index (χ2v) is 5.95. The Morgan fingerprint density at radius 2 is 1.58 bits per heavy atom. The molecule has 0 bridgehead atoms. The number of allylic oxidation sites excluding steroid dienone is 1. The van der Waals surface area contributed by atoms with Gasteiger partial charge in [0.05, 0.1) is 21.3 Å². The maximum Gasteiger partial charge on any atom is 0.327 e. The molecule has 26 heavy (non-hydrogen) atoms. The van der Waals surface area contributed by atoms with Gasteiger partial charge in [0.15, 0.2) is 5.41 Å². The fraction of sp³-hybridized carbons (Fsp3) is 0.421. The number of rotatable bonds is 5. The summed E-state index contributed by atoms with van der Waals surface area (Å²) in [5.74, 6) is -3.79. The van der Waals surface area contributed by atoms with Crippen LogP contribution in [-0.2, 0) is 28.6 Å². The van der Waals surface area contributed by atoms with E-state index < -0.39 is 35.1 Å². The van der Waals surface area contributed by atoms with E-state index in [4.69, 9.17) is 14.2 Å². The predicted molar refractivity (Wildman–Crippen MR) is 89.6 cm³/mol. The van der Waals surface area contributed by atoms with Crippen LogP contribution in [0.5, 0.6) is 0 Å². The van der Waals surface area contributed by atoms with Gasteiger partial charge >= 0.3 is 17.9 Å². The fourth-order valence-corrected chi connectivity index (χ4v) is 3.39. The summed E-state index contributed by atoms with van der Waals surface area (Å²) in [6.45, 7) is 0. The molecule has 1 unspecified atom stereocenters. The van der Waals surface area contributed by atoms with Gasteiger partial charge in [-0.05, 0) is 42.5 Å². The Labute approximate surface area is 150 Å². The number of hydrogen-bond acceptors (Lipinski definition) is 6. The zero-order valence-corrected chi connectivity index (χ0v) is 14.9. The average Bonchev–Trinajstić information content (AvgIpc) is 2.68. The number of benzene rings is 1. The molecule has 2 rings (SSSR count). The molecule has 1 aliphatic carbocycles. The third-order valence-corrected chi connectivity index (χ3v) is 4.63. The van der Waals surface area contributed by atoms with E-state index in [9.17, 15) is 18.8 Å². The maximum absolute atomic E-state index is 13.3. The summed E-state index contributed by atoms with van der Waals surface area (Å²) in [5.41, 5.74) is -1.10. The van der Waals surface area contributed by atoms with Gasteiger partial charge in [0.1, 0.15) is 11.7 Å². The van der Waals surface area contributed by atoms with Gasteiger partial charge in [-0.25, -0.2) is 4.39 Å². The normalized spacial score (nSPS) is 16.8. The first-order valence-electron chi connectivity index (χ1n) is 8.13. The molecule has 1 atom stereocenters. The average molecular weight is 364 g/mol. The van der Waals surface area contributed by atoms with Crippen LogP contribution in [0.4, 0.5) is 4.39 Å². The summed E-state index contributed by atoms with van der Waals surface area (Å²) in [6, 6.07) is 5.25. The number of halogens is 1. The van der Waals surface area contributed by atoms with Gasteiger partial charge in [0, 0.05) is 0 Å². The first kappa shape index (κ1) is 19.6. The van der Waals surface area contributed by atoms with Crippen molar-refractivity contribution in [1.29, 1.82) is 0 Å². The molecule has 0 fully saturated rings. The third kappa shape index (κ3) is 3.34. The summed E-state index contributed by atoms with van der Waals surface area (Å²) in [7, 11) is 3.55. The van der Waals surface area contributed by atoms with Crippen LogP contribution < -0.4 is 0 Å². The van der Waals surface area contributed by atoms with Gasteiger partial charge in [0.25, 0.3) is 0 Å². The Morgan fingerprint density at radius 3 is 2.08 bits per heavy atom. The van der Waals surface area contributed by atoms with E-state index in [0.29, 0.717) is 18.4 Å². The molecule has 0 heterocycles. The van der Waals surface area contributed by atoms with Gasteiger partial charge < -0.3 is 14.2 Å². The number of carbonyl (C=O) groups excluding carboxylic acids is 3. The van der Waals surface area contributed by atoms with Crippen LogP contribution in [-0.4, -0.2) is 39.2 Å². The quantitative estimate of drug-likeness (QED) is 0.346. The Bertz CT molecular complexity index is 706. The topological polar surface area (TPSA) is 78.9 Å². The van der Waals surface area contributed by atoms with Crippen molar-refractivity contribution in [3.8, 4) is 0 Å². The molecule has 0 N–H and O–H groups in total. The van der Waals surface area contributed by atoms with E-state index in [1.54, 1.807) is 6.08 Å². The summed E-state index contributed by atoms with van der Waals surface area (Å²) in [6.07, 6.45) is 2.93. The molecule has 7 heteroatoms.